The number of aliphatic hydroxyl groups is 1. The zero-order chi connectivity index (χ0) is 12.0. The first-order valence-corrected chi connectivity index (χ1v) is 6.35. The Kier molecular flexibility index (Phi) is 2.77. The SMILES string of the molecule is CC(C)(C)C(=O)N1CCC(O)(C2CC2)CC1. The Labute approximate surface area is 97.8 Å². The number of carbonyl (C=O) groups is 1. The lowest BCUT2D eigenvalue weighted by Crippen LogP contribution is -2.50. The molecule has 1 aliphatic carbocycles. The zero-order valence-electron chi connectivity index (χ0n) is 10.6. The number of rotatable bonds is 1. The maximum Gasteiger partial charge on any atom is 0.227 e. The molecule has 0 aromatic heterocycles. The van der Waals surface area contributed by atoms with Crippen molar-refractivity contribution in [2.45, 2.75) is 52.1 Å². The van der Waals surface area contributed by atoms with Crippen molar-refractivity contribution in [1.29, 1.82) is 0 Å². The quantitative estimate of drug-likeness (QED) is 0.739. The Hall–Kier alpha value is -0.570. The van der Waals surface area contributed by atoms with E-state index in [1.54, 1.807) is 0 Å². The van der Waals surface area contributed by atoms with E-state index in [-0.39, 0.29) is 11.3 Å². The van der Waals surface area contributed by atoms with Crippen LogP contribution in [-0.2, 0) is 4.79 Å². The summed E-state index contributed by atoms with van der Waals surface area (Å²) in [5.74, 6) is 0.727. The highest BCUT2D eigenvalue weighted by Gasteiger charge is 2.46. The van der Waals surface area contributed by atoms with E-state index in [9.17, 15) is 9.90 Å². The lowest BCUT2D eigenvalue weighted by Gasteiger charge is -2.40. The third-order valence-corrected chi connectivity index (χ3v) is 3.90. The smallest absolute Gasteiger partial charge is 0.227 e. The third kappa shape index (κ3) is 2.24. The Morgan fingerprint density at radius 2 is 1.75 bits per heavy atom. The summed E-state index contributed by atoms with van der Waals surface area (Å²) in [4.78, 5) is 14.0. The van der Waals surface area contributed by atoms with Crippen molar-refractivity contribution < 1.29 is 9.90 Å². The summed E-state index contributed by atoms with van der Waals surface area (Å²) < 4.78 is 0. The van der Waals surface area contributed by atoms with Gasteiger partial charge in [-0.15, -0.1) is 0 Å². The largest absolute Gasteiger partial charge is 0.389 e. The van der Waals surface area contributed by atoms with Gasteiger partial charge in [-0.1, -0.05) is 20.8 Å². The van der Waals surface area contributed by atoms with Crippen LogP contribution in [-0.4, -0.2) is 34.6 Å². The molecule has 3 heteroatoms. The molecule has 2 aliphatic rings. The molecule has 1 heterocycles. The molecule has 2 fully saturated rings. The van der Waals surface area contributed by atoms with E-state index in [1.165, 1.54) is 12.8 Å². The Balaban J connectivity index is 1.92. The highest BCUT2D eigenvalue weighted by atomic mass is 16.3. The predicted molar refractivity (Wildman–Crippen MR) is 62.9 cm³/mol. The van der Waals surface area contributed by atoms with Crippen molar-refractivity contribution in [1.82, 2.24) is 4.90 Å². The highest BCUT2D eigenvalue weighted by Crippen LogP contribution is 2.45. The molecule has 0 aromatic carbocycles. The topological polar surface area (TPSA) is 40.5 Å². The summed E-state index contributed by atoms with van der Waals surface area (Å²) >= 11 is 0. The molecule has 1 aliphatic heterocycles. The van der Waals surface area contributed by atoms with Gasteiger partial charge in [-0.2, -0.15) is 0 Å². The predicted octanol–water partition coefficient (Wildman–Crippen LogP) is 1.80. The van der Waals surface area contributed by atoms with E-state index in [1.807, 2.05) is 25.7 Å². The molecule has 3 nitrogen and oxygen atoms in total. The second kappa shape index (κ2) is 3.73. The standard InChI is InChI=1S/C13H23NO2/c1-12(2,3)11(15)14-8-6-13(16,7-9-14)10-4-5-10/h10,16H,4-9H2,1-3H3. The van der Waals surface area contributed by atoms with Gasteiger partial charge in [0, 0.05) is 18.5 Å². The molecule has 1 saturated heterocycles. The molecular formula is C13H23NO2. The molecule has 1 N–H and O–H groups in total. The van der Waals surface area contributed by atoms with Crippen LogP contribution in [0.1, 0.15) is 46.5 Å². The molecule has 0 spiro atoms. The van der Waals surface area contributed by atoms with E-state index in [0.29, 0.717) is 5.92 Å². The van der Waals surface area contributed by atoms with Crippen molar-refractivity contribution in [3.63, 3.8) is 0 Å². The van der Waals surface area contributed by atoms with Crippen molar-refractivity contribution in [3.8, 4) is 0 Å². The summed E-state index contributed by atoms with van der Waals surface area (Å²) in [7, 11) is 0. The van der Waals surface area contributed by atoms with Crippen LogP contribution in [0.5, 0.6) is 0 Å². The lowest BCUT2D eigenvalue weighted by molar-refractivity contribution is -0.144. The Morgan fingerprint density at radius 3 is 2.12 bits per heavy atom. The molecule has 0 atom stereocenters. The molecule has 16 heavy (non-hydrogen) atoms. The van der Waals surface area contributed by atoms with Crippen molar-refractivity contribution >= 4 is 5.91 Å². The zero-order valence-corrected chi connectivity index (χ0v) is 10.6. The van der Waals surface area contributed by atoms with Gasteiger partial charge in [0.2, 0.25) is 5.91 Å². The second-order valence-corrected chi connectivity index (χ2v) is 6.42. The van der Waals surface area contributed by atoms with Crippen LogP contribution in [0.15, 0.2) is 0 Å². The fourth-order valence-corrected chi connectivity index (χ4v) is 2.60. The summed E-state index contributed by atoms with van der Waals surface area (Å²) in [6.45, 7) is 7.32. The summed E-state index contributed by atoms with van der Waals surface area (Å²) in [6, 6.07) is 0. The van der Waals surface area contributed by atoms with Crippen molar-refractivity contribution in [2.75, 3.05) is 13.1 Å². The monoisotopic (exact) mass is 225 g/mol. The van der Waals surface area contributed by atoms with Gasteiger partial charge in [-0.25, -0.2) is 0 Å². The van der Waals surface area contributed by atoms with Crippen molar-refractivity contribution in [3.05, 3.63) is 0 Å². The van der Waals surface area contributed by atoms with E-state index in [4.69, 9.17) is 0 Å². The summed E-state index contributed by atoms with van der Waals surface area (Å²) in [5.41, 5.74) is -0.760. The summed E-state index contributed by atoms with van der Waals surface area (Å²) in [5, 5.41) is 10.4. The fraction of sp³-hybridized carbons (Fsp3) is 0.923. The van der Waals surface area contributed by atoms with Crippen LogP contribution in [0.2, 0.25) is 0 Å². The van der Waals surface area contributed by atoms with Gasteiger partial charge in [-0.3, -0.25) is 4.79 Å². The van der Waals surface area contributed by atoms with Gasteiger partial charge in [-0.05, 0) is 31.6 Å². The normalized spacial score (nSPS) is 25.6. The molecule has 0 aromatic rings. The van der Waals surface area contributed by atoms with Gasteiger partial charge in [0.25, 0.3) is 0 Å². The molecule has 1 amide bonds. The molecule has 92 valence electrons. The maximum absolute atomic E-state index is 12.1. The van der Waals surface area contributed by atoms with E-state index < -0.39 is 5.60 Å². The van der Waals surface area contributed by atoms with Crippen molar-refractivity contribution in [2.24, 2.45) is 11.3 Å². The number of carbonyl (C=O) groups excluding carboxylic acids is 1. The highest BCUT2D eigenvalue weighted by molar-refractivity contribution is 5.81. The van der Waals surface area contributed by atoms with Gasteiger partial charge >= 0.3 is 0 Å². The van der Waals surface area contributed by atoms with Gasteiger partial charge in [0.15, 0.2) is 0 Å². The first-order valence-electron chi connectivity index (χ1n) is 6.35. The first kappa shape index (κ1) is 11.9. The molecule has 0 unspecified atom stereocenters. The minimum Gasteiger partial charge on any atom is -0.389 e. The minimum absolute atomic E-state index is 0.213. The van der Waals surface area contributed by atoms with Crippen LogP contribution in [0, 0.1) is 11.3 Å². The van der Waals surface area contributed by atoms with Gasteiger partial charge < -0.3 is 10.0 Å². The van der Waals surface area contributed by atoms with Crippen LogP contribution < -0.4 is 0 Å². The van der Waals surface area contributed by atoms with Crippen LogP contribution in [0.25, 0.3) is 0 Å². The van der Waals surface area contributed by atoms with E-state index in [2.05, 4.69) is 0 Å². The molecule has 2 rings (SSSR count). The Bertz CT molecular complexity index is 281. The first-order chi connectivity index (χ1) is 7.33. The number of amides is 1. The maximum atomic E-state index is 12.1. The molecule has 0 bridgehead atoms. The minimum atomic E-state index is -0.464. The second-order valence-electron chi connectivity index (χ2n) is 6.42. The number of hydrogen-bond acceptors (Lipinski definition) is 2. The average Bonchev–Trinajstić information content (AvgIpc) is 3.00. The van der Waals surface area contributed by atoms with E-state index >= 15 is 0 Å². The number of nitrogens with zero attached hydrogens (tertiary/aromatic N) is 1. The Morgan fingerprint density at radius 1 is 1.25 bits per heavy atom. The fourth-order valence-electron chi connectivity index (χ4n) is 2.60. The van der Waals surface area contributed by atoms with E-state index in [0.717, 1.165) is 25.9 Å². The molecule has 0 radical (unpaired) electrons. The van der Waals surface area contributed by atoms with Crippen LogP contribution in [0.4, 0.5) is 0 Å². The van der Waals surface area contributed by atoms with Crippen LogP contribution >= 0.6 is 0 Å². The lowest BCUT2D eigenvalue weighted by atomic mass is 9.85. The average molecular weight is 225 g/mol. The van der Waals surface area contributed by atoms with Gasteiger partial charge in [0.05, 0.1) is 5.60 Å². The number of likely N-dealkylation sites (tertiary alicyclic amines) is 1. The third-order valence-electron chi connectivity index (χ3n) is 3.90. The number of piperidine rings is 1. The number of hydrogen-bond donors (Lipinski definition) is 1. The molecule has 1 saturated carbocycles. The van der Waals surface area contributed by atoms with Crippen LogP contribution in [0.3, 0.4) is 0 Å². The summed E-state index contributed by atoms with van der Waals surface area (Å²) in [6.07, 6.45) is 3.87. The molecular weight excluding hydrogens is 202 g/mol. The van der Waals surface area contributed by atoms with Gasteiger partial charge in [0.1, 0.15) is 0 Å².